The van der Waals surface area contributed by atoms with Gasteiger partial charge < -0.3 is 4.43 Å². The molecule has 1 unspecified atom stereocenters. The summed E-state index contributed by atoms with van der Waals surface area (Å²) in [6.45, 7) is 24.3. The van der Waals surface area contributed by atoms with Crippen LogP contribution in [0.5, 0.6) is 0 Å². The second kappa shape index (κ2) is 11.5. The standard InChI is InChI=1S/C19H30OSi/c1-8-10-11-12-13-14-16(4)18(6)19(20-21-7)17(5)15(3)9-2/h9,19H,2-6,8,10-14H2,1,7H3. The minimum Gasteiger partial charge on any atom is -0.407 e. The second-order valence-corrected chi connectivity index (χ2v) is 5.89. The van der Waals surface area contributed by atoms with E-state index in [0.717, 1.165) is 35.1 Å². The van der Waals surface area contributed by atoms with Crippen molar-refractivity contribution in [3.63, 3.8) is 0 Å². The Morgan fingerprint density at radius 3 is 2.19 bits per heavy atom. The lowest BCUT2D eigenvalue weighted by Crippen LogP contribution is -2.20. The van der Waals surface area contributed by atoms with E-state index in [4.69, 9.17) is 4.43 Å². The van der Waals surface area contributed by atoms with Gasteiger partial charge in [-0.1, -0.05) is 71.6 Å². The highest BCUT2D eigenvalue weighted by Crippen LogP contribution is 2.26. The van der Waals surface area contributed by atoms with E-state index in [1.165, 1.54) is 25.7 Å². The van der Waals surface area contributed by atoms with Gasteiger partial charge in [-0.2, -0.15) is 0 Å². The second-order valence-electron chi connectivity index (χ2n) is 5.25. The Bertz CT molecular complexity index is 392. The third kappa shape index (κ3) is 7.44. The Labute approximate surface area is 134 Å². The van der Waals surface area contributed by atoms with E-state index in [1.807, 2.05) is 6.55 Å². The summed E-state index contributed by atoms with van der Waals surface area (Å²) in [5.41, 5.74) is 3.62. The van der Waals surface area contributed by atoms with E-state index in [2.05, 4.69) is 39.8 Å². The van der Waals surface area contributed by atoms with Crippen molar-refractivity contribution in [3.8, 4) is 0 Å². The number of hydrogen-bond donors (Lipinski definition) is 0. The van der Waals surface area contributed by atoms with E-state index in [9.17, 15) is 0 Å². The van der Waals surface area contributed by atoms with Crippen molar-refractivity contribution < 1.29 is 4.43 Å². The molecule has 0 heterocycles. The molecule has 0 aromatic heterocycles. The van der Waals surface area contributed by atoms with Gasteiger partial charge in [0.15, 0.2) is 0 Å². The Morgan fingerprint density at radius 1 is 1.05 bits per heavy atom. The van der Waals surface area contributed by atoms with Crippen LogP contribution in [0.3, 0.4) is 0 Å². The maximum Gasteiger partial charge on any atom is 0.227 e. The molecule has 0 N–H and O–H groups in total. The molecule has 0 fully saturated rings. The minimum absolute atomic E-state index is 0.220. The van der Waals surface area contributed by atoms with Crippen LogP contribution in [-0.2, 0) is 4.43 Å². The van der Waals surface area contributed by atoms with Crippen LogP contribution in [0.25, 0.3) is 0 Å². The largest absolute Gasteiger partial charge is 0.407 e. The van der Waals surface area contributed by atoms with Crippen LogP contribution in [0.15, 0.2) is 61.3 Å². The monoisotopic (exact) mass is 302 g/mol. The normalized spacial score (nSPS) is 11.7. The van der Waals surface area contributed by atoms with Gasteiger partial charge in [-0.25, -0.2) is 0 Å². The lowest BCUT2D eigenvalue weighted by atomic mass is 9.91. The van der Waals surface area contributed by atoms with E-state index < -0.39 is 0 Å². The number of allylic oxidation sites excluding steroid dienone is 1. The summed E-state index contributed by atoms with van der Waals surface area (Å²) in [5, 5.41) is 0. The van der Waals surface area contributed by atoms with Gasteiger partial charge in [0.25, 0.3) is 0 Å². The third-order valence-electron chi connectivity index (χ3n) is 3.56. The van der Waals surface area contributed by atoms with Crippen LogP contribution >= 0.6 is 0 Å². The van der Waals surface area contributed by atoms with Gasteiger partial charge in [0.1, 0.15) is 0 Å². The molecule has 21 heavy (non-hydrogen) atoms. The first kappa shape index (κ1) is 19.9. The molecule has 0 spiro atoms. The van der Waals surface area contributed by atoms with Crippen LogP contribution in [0, 0.1) is 0 Å². The highest BCUT2D eigenvalue weighted by molar-refractivity contribution is 6.25. The van der Waals surface area contributed by atoms with Crippen molar-refractivity contribution in [1.29, 1.82) is 0 Å². The quantitative estimate of drug-likeness (QED) is 0.237. The summed E-state index contributed by atoms with van der Waals surface area (Å²) in [7, 11) is 0.375. The third-order valence-corrected chi connectivity index (χ3v) is 4.04. The molecule has 0 aromatic rings. The summed E-state index contributed by atoms with van der Waals surface area (Å²) in [6, 6.07) is 0. The first-order valence-corrected chi connectivity index (χ1v) is 9.10. The van der Waals surface area contributed by atoms with Gasteiger partial charge >= 0.3 is 0 Å². The molecule has 2 radical (unpaired) electrons. The zero-order valence-corrected chi connectivity index (χ0v) is 14.8. The fraction of sp³-hybridized carbons (Fsp3) is 0.474. The highest BCUT2D eigenvalue weighted by atomic mass is 28.2. The highest BCUT2D eigenvalue weighted by Gasteiger charge is 2.19. The van der Waals surface area contributed by atoms with Crippen LogP contribution in [0.4, 0.5) is 0 Å². The van der Waals surface area contributed by atoms with Crippen molar-refractivity contribution in [1.82, 2.24) is 0 Å². The first-order chi connectivity index (χ1) is 9.99. The Kier molecular flexibility index (Phi) is 10.9. The average molecular weight is 303 g/mol. The zero-order valence-electron chi connectivity index (χ0n) is 13.8. The van der Waals surface area contributed by atoms with Crippen molar-refractivity contribution >= 4 is 9.76 Å². The maximum atomic E-state index is 5.81. The SMILES string of the molecule is C=CC(=C)C(=C)C(O[Si]C)C(=C)C(=C)CCCCCCC. The van der Waals surface area contributed by atoms with E-state index in [1.54, 1.807) is 6.08 Å². The molecular weight excluding hydrogens is 272 g/mol. The van der Waals surface area contributed by atoms with E-state index in [0.29, 0.717) is 9.76 Å². The van der Waals surface area contributed by atoms with Crippen molar-refractivity contribution in [2.24, 2.45) is 0 Å². The minimum atomic E-state index is -0.220. The van der Waals surface area contributed by atoms with E-state index in [-0.39, 0.29) is 6.10 Å². The summed E-state index contributed by atoms with van der Waals surface area (Å²) in [6.07, 6.45) is 8.75. The van der Waals surface area contributed by atoms with Crippen molar-refractivity contribution in [2.75, 3.05) is 0 Å². The molecular formula is C19H30OSi. The molecule has 0 aliphatic rings. The smallest absolute Gasteiger partial charge is 0.227 e. The van der Waals surface area contributed by atoms with Crippen LogP contribution in [-0.4, -0.2) is 15.9 Å². The summed E-state index contributed by atoms with van der Waals surface area (Å²) < 4.78 is 5.81. The predicted molar refractivity (Wildman–Crippen MR) is 96.6 cm³/mol. The van der Waals surface area contributed by atoms with Gasteiger partial charge in [0.2, 0.25) is 9.76 Å². The van der Waals surface area contributed by atoms with Gasteiger partial charge in [-0.3, -0.25) is 0 Å². The fourth-order valence-electron chi connectivity index (χ4n) is 2.06. The zero-order chi connectivity index (χ0) is 16.3. The Morgan fingerprint density at radius 2 is 1.67 bits per heavy atom. The maximum absolute atomic E-state index is 5.81. The predicted octanol–water partition coefficient (Wildman–Crippen LogP) is 5.81. The Balaban J connectivity index is 4.52. The number of rotatable bonds is 13. The summed E-state index contributed by atoms with van der Waals surface area (Å²) in [4.78, 5) is 0. The van der Waals surface area contributed by atoms with Crippen LogP contribution in [0.1, 0.15) is 45.4 Å². The van der Waals surface area contributed by atoms with Crippen LogP contribution in [0.2, 0.25) is 6.55 Å². The first-order valence-electron chi connectivity index (χ1n) is 7.69. The molecule has 0 aliphatic carbocycles. The molecule has 1 atom stereocenters. The van der Waals surface area contributed by atoms with Gasteiger partial charge in [-0.15, -0.1) is 0 Å². The molecule has 116 valence electrons. The molecule has 0 rings (SSSR count). The van der Waals surface area contributed by atoms with Crippen molar-refractivity contribution in [3.05, 3.63) is 61.3 Å². The molecule has 0 amide bonds. The average Bonchev–Trinajstić information content (AvgIpc) is 2.50. The van der Waals surface area contributed by atoms with Gasteiger partial charge in [0.05, 0.1) is 6.10 Å². The molecule has 0 aliphatic heterocycles. The summed E-state index contributed by atoms with van der Waals surface area (Å²) >= 11 is 0. The molecule has 0 saturated heterocycles. The lowest BCUT2D eigenvalue weighted by molar-refractivity contribution is 0.295. The molecule has 0 aromatic carbocycles. The van der Waals surface area contributed by atoms with E-state index >= 15 is 0 Å². The van der Waals surface area contributed by atoms with Gasteiger partial charge in [-0.05, 0) is 41.7 Å². The van der Waals surface area contributed by atoms with Crippen LogP contribution < -0.4 is 0 Å². The molecule has 0 bridgehead atoms. The van der Waals surface area contributed by atoms with Crippen molar-refractivity contribution in [2.45, 2.75) is 58.1 Å². The molecule has 2 heteroatoms. The Hall–Kier alpha value is -1.12. The van der Waals surface area contributed by atoms with Gasteiger partial charge in [0, 0.05) is 0 Å². The summed E-state index contributed by atoms with van der Waals surface area (Å²) in [5.74, 6) is 0. The number of hydrogen-bond acceptors (Lipinski definition) is 1. The molecule has 1 nitrogen and oxygen atoms in total. The fourth-order valence-corrected chi connectivity index (χ4v) is 2.58. The topological polar surface area (TPSA) is 9.23 Å². The molecule has 0 saturated carbocycles. The lowest BCUT2D eigenvalue weighted by Gasteiger charge is -2.24. The number of unbranched alkanes of at least 4 members (excludes halogenated alkanes) is 4.